The van der Waals surface area contributed by atoms with Crippen molar-refractivity contribution in [2.45, 2.75) is 13.0 Å². The van der Waals surface area contributed by atoms with Gasteiger partial charge in [-0.2, -0.15) is 0 Å². The normalized spacial score (nSPS) is 3.75. The van der Waals surface area contributed by atoms with Crippen LogP contribution in [0.15, 0.2) is 0 Å². The maximum absolute atomic E-state index is 8.35. The molecule has 6 nitrogen and oxygen atoms in total. The first-order valence-electron chi connectivity index (χ1n) is 2.78. The molecule has 0 fully saturated rings. The molecule has 68 valence electrons. The highest BCUT2D eigenvalue weighted by molar-refractivity contribution is 6.08. The molecule has 7 heteroatoms. The summed E-state index contributed by atoms with van der Waals surface area (Å²) in [7, 11) is 1.37. The fourth-order valence-electron chi connectivity index (χ4n) is 0. The van der Waals surface area contributed by atoms with E-state index in [1.54, 1.807) is 0 Å². The van der Waals surface area contributed by atoms with Gasteiger partial charge in [0.1, 0.15) is 0 Å². The van der Waals surface area contributed by atoms with Crippen molar-refractivity contribution in [2.24, 2.45) is 0 Å². The zero-order valence-electron chi connectivity index (χ0n) is 6.93. The second-order valence-electron chi connectivity index (χ2n) is 1.01. The lowest BCUT2D eigenvalue weighted by Gasteiger charge is -1.47. The fourth-order valence-corrected chi connectivity index (χ4v) is 0. The van der Waals surface area contributed by atoms with Crippen LogP contribution < -0.4 is 0 Å². The summed E-state index contributed by atoms with van der Waals surface area (Å²) in [6.45, 7) is 2.19. The lowest BCUT2D eigenvalue weighted by atomic mass is 11.0. The molecule has 0 bridgehead atoms. The molecular formula is C5H11N3O3Si. The molecule has 3 N–H and O–H groups in total. The van der Waals surface area contributed by atoms with Gasteiger partial charge in [-0.25, -0.2) is 30.6 Å². The van der Waals surface area contributed by atoms with Crippen molar-refractivity contribution in [1.82, 2.24) is 0 Å². The van der Waals surface area contributed by atoms with Crippen LogP contribution >= 0.6 is 0 Å². The molecule has 0 aromatic rings. The third kappa shape index (κ3) is 168. The third-order valence-electron chi connectivity index (χ3n) is 0. The summed E-state index contributed by atoms with van der Waals surface area (Å²) in [4.78, 5) is 25.0. The largest absolute Gasteiger partial charge is 0.231 e. The van der Waals surface area contributed by atoms with Crippen molar-refractivity contribution < 1.29 is 14.4 Å². The molecule has 0 aromatic carbocycles. The quantitative estimate of drug-likeness (QED) is 0.270. The Morgan fingerprint density at radius 3 is 1.00 bits per heavy atom. The predicted molar refractivity (Wildman–Crippen MR) is 45.7 cm³/mol. The zero-order chi connectivity index (χ0) is 10.8. The Morgan fingerprint density at radius 2 is 1.00 bits per heavy atom. The minimum atomic E-state index is 0.750. The molecule has 0 heterocycles. The van der Waals surface area contributed by atoms with Crippen molar-refractivity contribution in [3.05, 3.63) is 0 Å². The molecule has 0 aliphatic carbocycles. The number of hydrogen-bond acceptors (Lipinski definition) is 6. The summed E-state index contributed by atoms with van der Waals surface area (Å²) < 4.78 is 0. The van der Waals surface area contributed by atoms with Gasteiger partial charge in [0.2, 0.25) is 18.2 Å². The molecule has 0 atom stereocenters. The van der Waals surface area contributed by atoms with Gasteiger partial charge in [-0.1, -0.05) is 13.0 Å². The third-order valence-corrected chi connectivity index (χ3v) is 0. The average Bonchev–Trinajstić information content (AvgIpc) is 1.92. The van der Waals surface area contributed by atoms with E-state index in [4.69, 9.17) is 30.6 Å². The number of nitrogens with one attached hydrogen (secondary N) is 3. The van der Waals surface area contributed by atoms with Crippen LogP contribution in [0.25, 0.3) is 0 Å². The van der Waals surface area contributed by atoms with Gasteiger partial charge in [0.05, 0.1) is 0 Å². The van der Waals surface area contributed by atoms with Gasteiger partial charge in [-0.15, -0.1) is 0 Å². The first-order valence-corrected chi connectivity index (χ1v) is 4.19. The standard InChI is InChI=1S/C2H8Si.3CHNO/c1-2-3;3*2-1-3/h2H2,1,3H3;3*2H. The first kappa shape index (κ1) is 22.4. The molecule has 12 heavy (non-hydrogen) atoms. The fraction of sp³-hybridized carbons (Fsp3) is 0.400. The van der Waals surface area contributed by atoms with Gasteiger partial charge >= 0.3 is 0 Å². The van der Waals surface area contributed by atoms with Crippen LogP contribution in [0.5, 0.6) is 0 Å². The monoisotopic (exact) mass is 189 g/mol. The molecule has 0 aliphatic rings. The topological polar surface area (TPSA) is 123 Å². The average molecular weight is 189 g/mol. The van der Waals surface area contributed by atoms with Crippen molar-refractivity contribution in [3.63, 3.8) is 0 Å². The molecule has 0 unspecified atom stereocenters. The lowest BCUT2D eigenvalue weighted by Crippen LogP contribution is -1.41. The Hall–Kier alpha value is -1.64. The summed E-state index contributed by atoms with van der Waals surface area (Å²) in [5.41, 5.74) is 0. The van der Waals surface area contributed by atoms with E-state index < -0.39 is 0 Å². The molecule has 0 rings (SSSR count). The van der Waals surface area contributed by atoms with Gasteiger partial charge in [-0.05, 0) is 0 Å². The smallest absolute Gasteiger partial charge is 0.222 e. The van der Waals surface area contributed by atoms with Crippen LogP contribution in [-0.2, 0) is 14.4 Å². The molecule has 0 saturated heterocycles. The Labute approximate surface area is 72.9 Å². The van der Waals surface area contributed by atoms with Gasteiger partial charge in [0.25, 0.3) is 0 Å². The lowest BCUT2D eigenvalue weighted by molar-refractivity contribution is 0.562. The Balaban J connectivity index is -0.0000000356. The maximum atomic E-state index is 8.35. The second-order valence-corrected chi connectivity index (χ2v) is 2.43. The SMILES string of the molecule is CC[SiH3].N=C=O.N=C=O.N=C=O. The van der Waals surface area contributed by atoms with Crippen molar-refractivity contribution in [1.29, 1.82) is 16.2 Å². The van der Waals surface area contributed by atoms with E-state index in [0.29, 0.717) is 0 Å². The number of hydrogen-bond donors (Lipinski definition) is 3. The van der Waals surface area contributed by atoms with Crippen LogP contribution in [-0.4, -0.2) is 28.5 Å². The summed E-state index contributed by atoms with van der Waals surface area (Å²) in [5, 5.41) is 16.2. The number of rotatable bonds is 0. The van der Waals surface area contributed by atoms with E-state index in [0.717, 1.165) is 18.2 Å². The van der Waals surface area contributed by atoms with E-state index in [1.807, 2.05) is 0 Å². The van der Waals surface area contributed by atoms with E-state index in [2.05, 4.69) is 6.92 Å². The highest BCUT2D eigenvalue weighted by Gasteiger charge is 1.36. The Morgan fingerprint density at radius 1 is 1.00 bits per heavy atom. The molecule has 0 aliphatic heterocycles. The zero-order valence-corrected chi connectivity index (χ0v) is 8.93. The van der Waals surface area contributed by atoms with E-state index in [-0.39, 0.29) is 0 Å². The van der Waals surface area contributed by atoms with Crippen LogP contribution in [0.3, 0.4) is 0 Å². The van der Waals surface area contributed by atoms with Crippen LogP contribution in [0.1, 0.15) is 6.92 Å². The summed E-state index contributed by atoms with van der Waals surface area (Å²) >= 11 is 0. The Kier molecular flexibility index (Phi) is 220. The molecule has 0 saturated carbocycles. The summed E-state index contributed by atoms with van der Waals surface area (Å²) in [6, 6.07) is 1.39. The van der Waals surface area contributed by atoms with Crippen LogP contribution in [0.2, 0.25) is 6.04 Å². The molecule has 0 spiro atoms. The van der Waals surface area contributed by atoms with Crippen molar-refractivity contribution >= 4 is 28.5 Å². The highest BCUT2D eigenvalue weighted by Crippen LogP contribution is 1.49. The summed E-state index contributed by atoms with van der Waals surface area (Å²) in [6.07, 6.45) is 2.25. The molecule has 0 radical (unpaired) electrons. The molecule has 0 amide bonds. The van der Waals surface area contributed by atoms with Crippen LogP contribution in [0, 0.1) is 16.2 Å². The van der Waals surface area contributed by atoms with E-state index in [9.17, 15) is 0 Å². The minimum Gasteiger partial charge on any atom is -0.222 e. The van der Waals surface area contributed by atoms with Gasteiger partial charge in [-0.3, -0.25) is 0 Å². The van der Waals surface area contributed by atoms with Crippen molar-refractivity contribution in [2.75, 3.05) is 0 Å². The van der Waals surface area contributed by atoms with Gasteiger partial charge < -0.3 is 0 Å². The number of isocyanates is 3. The second kappa shape index (κ2) is 118. The summed E-state index contributed by atoms with van der Waals surface area (Å²) in [5.74, 6) is 0. The molecule has 0 aromatic heterocycles. The highest BCUT2D eigenvalue weighted by atomic mass is 28.1. The van der Waals surface area contributed by atoms with Gasteiger partial charge in [0.15, 0.2) is 0 Å². The van der Waals surface area contributed by atoms with Crippen LogP contribution in [0.4, 0.5) is 0 Å². The minimum absolute atomic E-state index is 0.750. The molecular weight excluding hydrogens is 178 g/mol. The van der Waals surface area contributed by atoms with Crippen molar-refractivity contribution in [3.8, 4) is 0 Å². The first-order chi connectivity index (χ1) is 5.66. The van der Waals surface area contributed by atoms with E-state index in [1.165, 1.54) is 16.3 Å². The Bertz CT molecular complexity index is 125. The van der Waals surface area contributed by atoms with E-state index >= 15 is 0 Å². The van der Waals surface area contributed by atoms with Gasteiger partial charge in [0, 0.05) is 10.2 Å². The predicted octanol–water partition coefficient (Wildman–Crippen LogP) is -0.507. The maximum Gasteiger partial charge on any atom is 0.231 e. The number of carbonyl (C=O) groups excluding carboxylic acids is 3.